The Kier molecular flexibility index (Phi) is 7.45. The zero-order chi connectivity index (χ0) is 20.7. The van der Waals surface area contributed by atoms with Crippen molar-refractivity contribution in [3.05, 3.63) is 59.7 Å². The van der Waals surface area contributed by atoms with E-state index in [0.717, 1.165) is 23.1 Å². The van der Waals surface area contributed by atoms with E-state index < -0.39 is 16.1 Å². The number of nitrogens with zero attached hydrogens (tertiary/aromatic N) is 1. The molecule has 1 amide bonds. The van der Waals surface area contributed by atoms with Crippen LogP contribution in [0.15, 0.2) is 48.5 Å². The highest BCUT2D eigenvalue weighted by molar-refractivity contribution is 7.92. The molecular formula is C21H28N2O4S. The number of hydrogen-bond acceptors (Lipinski definition) is 4. The first-order valence-electron chi connectivity index (χ1n) is 9.31. The average molecular weight is 405 g/mol. The highest BCUT2D eigenvalue weighted by Gasteiger charge is 2.31. The van der Waals surface area contributed by atoms with Gasteiger partial charge in [0.15, 0.2) is 0 Å². The quantitative estimate of drug-likeness (QED) is 0.696. The number of carbonyl (C=O) groups excluding carboxylic acids is 1. The van der Waals surface area contributed by atoms with Crippen molar-refractivity contribution in [3.63, 3.8) is 0 Å². The molecule has 6 nitrogen and oxygen atoms in total. The van der Waals surface area contributed by atoms with E-state index in [9.17, 15) is 13.2 Å². The Balaban J connectivity index is 2.21. The number of sulfonamides is 1. The van der Waals surface area contributed by atoms with Crippen molar-refractivity contribution in [3.8, 4) is 5.75 Å². The predicted molar refractivity (Wildman–Crippen MR) is 112 cm³/mol. The Morgan fingerprint density at radius 1 is 1.14 bits per heavy atom. The van der Waals surface area contributed by atoms with Crippen LogP contribution in [0.3, 0.4) is 0 Å². The van der Waals surface area contributed by atoms with E-state index in [-0.39, 0.29) is 5.91 Å². The Hall–Kier alpha value is -2.54. The fraction of sp³-hybridized carbons (Fsp3) is 0.381. The van der Waals surface area contributed by atoms with Gasteiger partial charge in [0, 0.05) is 6.54 Å². The third kappa shape index (κ3) is 5.73. The Labute approximate surface area is 167 Å². The smallest absolute Gasteiger partial charge is 0.244 e. The molecule has 0 heterocycles. The molecule has 0 aliphatic rings. The Morgan fingerprint density at radius 2 is 1.86 bits per heavy atom. The maximum Gasteiger partial charge on any atom is 0.244 e. The van der Waals surface area contributed by atoms with Crippen LogP contribution in [-0.2, 0) is 21.4 Å². The number of ether oxygens (including phenoxy) is 1. The minimum atomic E-state index is -3.64. The van der Waals surface area contributed by atoms with Crippen LogP contribution in [-0.4, -0.2) is 33.2 Å². The summed E-state index contributed by atoms with van der Waals surface area (Å²) in [5.41, 5.74) is 2.30. The molecule has 2 aromatic carbocycles. The van der Waals surface area contributed by atoms with E-state index in [1.165, 1.54) is 4.31 Å². The first-order chi connectivity index (χ1) is 13.3. The predicted octanol–water partition coefficient (Wildman–Crippen LogP) is 3.25. The van der Waals surface area contributed by atoms with E-state index in [1.807, 2.05) is 44.2 Å². The van der Waals surface area contributed by atoms with E-state index in [0.29, 0.717) is 25.3 Å². The second-order valence-corrected chi connectivity index (χ2v) is 8.48. The number of aryl methyl sites for hydroxylation is 1. The van der Waals surface area contributed by atoms with E-state index in [4.69, 9.17) is 4.74 Å². The summed E-state index contributed by atoms with van der Waals surface area (Å²) in [7, 11) is -3.64. The van der Waals surface area contributed by atoms with Crippen LogP contribution in [0.5, 0.6) is 5.75 Å². The summed E-state index contributed by atoms with van der Waals surface area (Å²) in [5, 5.41) is 2.86. The SMILES string of the molecule is CCOc1cccc(CNC(=O)[C@@H](CC)N(c2cccc(C)c2)S(C)(=O)=O)c1. The first kappa shape index (κ1) is 21.8. The van der Waals surface area contributed by atoms with Crippen LogP contribution in [0.4, 0.5) is 5.69 Å². The molecule has 0 bridgehead atoms. The molecule has 1 atom stereocenters. The summed E-state index contributed by atoms with van der Waals surface area (Å²) in [5.74, 6) is 0.398. The monoisotopic (exact) mass is 404 g/mol. The molecule has 0 spiro atoms. The van der Waals surface area contributed by atoms with Gasteiger partial charge in [0.1, 0.15) is 11.8 Å². The lowest BCUT2D eigenvalue weighted by Crippen LogP contribution is -2.49. The van der Waals surface area contributed by atoms with E-state index in [1.54, 1.807) is 25.1 Å². The normalized spacial score (nSPS) is 12.3. The Bertz CT molecular complexity index is 912. The fourth-order valence-electron chi connectivity index (χ4n) is 3.04. The minimum Gasteiger partial charge on any atom is -0.494 e. The van der Waals surface area contributed by atoms with Crippen molar-refractivity contribution in [2.24, 2.45) is 0 Å². The average Bonchev–Trinajstić information content (AvgIpc) is 2.63. The lowest BCUT2D eigenvalue weighted by Gasteiger charge is -2.30. The van der Waals surface area contributed by atoms with Gasteiger partial charge in [0.2, 0.25) is 15.9 Å². The lowest BCUT2D eigenvalue weighted by molar-refractivity contribution is -0.122. The van der Waals surface area contributed by atoms with Gasteiger partial charge < -0.3 is 10.1 Å². The van der Waals surface area contributed by atoms with Crippen LogP contribution < -0.4 is 14.4 Å². The molecule has 0 fully saturated rings. The molecule has 1 N–H and O–H groups in total. The van der Waals surface area contributed by atoms with Crippen LogP contribution in [0.25, 0.3) is 0 Å². The molecule has 0 radical (unpaired) electrons. The summed E-state index contributed by atoms with van der Waals surface area (Å²) in [4.78, 5) is 12.9. The molecule has 7 heteroatoms. The van der Waals surface area contributed by atoms with E-state index >= 15 is 0 Å². The second kappa shape index (κ2) is 9.59. The van der Waals surface area contributed by atoms with E-state index in [2.05, 4.69) is 5.32 Å². The number of carbonyl (C=O) groups is 1. The molecule has 0 saturated heterocycles. The molecule has 2 rings (SSSR count). The van der Waals surface area contributed by atoms with Crippen molar-refractivity contribution in [1.82, 2.24) is 5.32 Å². The third-order valence-electron chi connectivity index (χ3n) is 4.26. The number of rotatable bonds is 9. The topological polar surface area (TPSA) is 75.7 Å². The number of amides is 1. The zero-order valence-electron chi connectivity index (χ0n) is 16.8. The van der Waals surface area contributed by atoms with Crippen molar-refractivity contribution in [2.45, 2.75) is 39.8 Å². The summed E-state index contributed by atoms with van der Waals surface area (Å²) in [6, 6.07) is 13.8. The third-order valence-corrected chi connectivity index (χ3v) is 5.44. The van der Waals surface area contributed by atoms with Gasteiger partial charge in [-0.2, -0.15) is 0 Å². The number of hydrogen-bond donors (Lipinski definition) is 1. The summed E-state index contributed by atoms with van der Waals surface area (Å²) >= 11 is 0. The van der Waals surface area contributed by atoms with Crippen LogP contribution in [0, 0.1) is 6.92 Å². The zero-order valence-corrected chi connectivity index (χ0v) is 17.6. The maximum atomic E-state index is 12.9. The van der Waals surface area contributed by atoms with Gasteiger partial charge in [-0.15, -0.1) is 0 Å². The van der Waals surface area contributed by atoms with Crippen molar-refractivity contribution >= 4 is 21.6 Å². The first-order valence-corrected chi connectivity index (χ1v) is 11.2. The molecule has 0 aromatic heterocycles. The molecule has 2 aromatic rings. The van der Waals surface area contributed by atoms with Crippen molar-refractivity contribution < 1.29 is 17.9 Å². The summed E-state index contributed by atoms with van der Waals surface area (Å²) in [6.07, 6.45) is 1.47. The van der Waals surface area contributed by atoms with Crippen molar-refractivity contribution in [2.75, 3.05) is 17.2 Å². The largest absolute Gasteiger partial charge is 0.494 e. The number of anilines is 1. The van der Waals surface area contributed by atoms with Gasteiger partial charge in [-0.1, -0.05) is 31.2 Å². The van der Waals surface area contributed by atoms with Gasteiger partial charge in [-0.25, -0.2) is 8.42 Å². The summed E-state index contributed by atoms with van der Waals surface area (Å²) in [6.45, 7) is 6.45. The van der Waals surface area contributed by atoms with Gasteiger partial charge in [-0.3, -0.25) is 9.10 Å². The van der Waals surface area contributed by atoms with Crippen LogP contribution >= 0.6 is 0 Å². The number of benzene rings is 2. The molecule has 152 valence electrons. The lowest BCUT2D eigenvalue weighted by atomic mass is 10.1. The molecule has 0 unspecified atom stereocenters. The highest BCUT2D eigenvalue weighted by atomic mass is 32.2. The molecular weight excluding hydrogens is 376 g/mol. The molecule has 0 saturated carbocycles. The molecule has 0 aliphatic heterocycles. The fourth-order valence-corrected chi connectivity index (χ4v) is 4.25. The minimum absolute atomic E-state index is 0.293. The van der Waals surface area contributed by atoms with Gasteiger partial charge in [0.25, 0.3) is 0 Å². The summed E-state index contributed by atoms with van der Waals surface area (Å²) < 4.78 is 31.6. The molecule has 0 aliphatic carbocycles. The highest BCUT2D eigenvalue weighted by Crippen LogP contribution is 2.23. The maximum absolute atomic E-state index is 12.9. The van der Waals surface area contributed by atoms with Gasteiger partial charge in [-0.05, 0) is 55.7 Å². The standard InChI is InChI=1S/C21H28N2O4S/c1-5-20(23(28(4,25)26)18-11-7-9-16(3)13-18)21(24)22-15-17-10-8-12-19(14-17)27-6-2/h7-14,20H,5-6,15H2,1-4H3,(H,22,24)/t20-/m1/s1. The molecule has 28 heavy (non-hydrogen) atoms. The number of nitrogens with one attached hydrogen (secondary N) is 1. The Morgan fingerprint density at radius 3 is 2.46 bits per heavy atom. The van der Waals surface area contributed by atoms with Gasteiger partial charge >= 0.3 is 0 Å². The van der Waals surface area contributed by atoms with Gasteiger partial charge in [0.05, 0.1) is 18.6 Å². The van der Waals surface area contributed by atoms with Crippen LogP contribution in [0.2, 0.25) is 0 Å². The van der Waals surface area contributed by atoms with Crippen molar-refractivity contribution in [1.29, 1.82) is 0 Å². The second-order valence-electron chi connectivity index (χ2n) is 6.62. The van der Waals surface area contributed by atoms with Crippen LogP contribution in [0.1, 0.15) is 31.4 Å².